The number of aliphatic hydroxyl groups excluding tert-OH is 1. The lowest BCUT2D eigenvalue weighted by atomic mass is 10.2. The molecular formula is C19H20N4O. The molecule has 5 heteroatoms. The van der Waals surface area contributed by atoms with Crippen molar-refractivity contribution >= 4 is 22.1 Å². The largest absolute Gasteiger partial charge is 0.377 e. The fraction of sp³-hybridized carbons (Fsp3) is 0.263. The van der Waals surface area contributed by atoms with Crippen LogP contribution >= 0.6 is 0 Å². The molecule has 0 aliphatic rings. The van der Waals surface area contributed by atoms with Crippen molar-refractivity contribution in [2.24, 2.45) is 7.05 Å². The van der Waals surface area contributed by atoms with Crippen molar-refractivity contribution < 1.29 is 5.11 Å². The molecule has 1 N–H and O–H groups in total. The summed E-state index contributed by atoms with van der Waals surface area (Å²) in [5.74, 6) is 1.23. The van der Waals surface area contributed by atoms with E-state index in [0.29, 0.717) is 11.6 Å². The maximum absolute atomic E-state index is 11.0. The Morgan fingerprint density at radius 1 is 0.833 bits per heavy atom. The van der Waals surface area contributed by atoms with Crippen molar-refractivity contribution in [1.82, 2.24) is 19.1 Å². The van der Waals surface area contributed by atoms with Crippen LogP contribution in [0, 0.1) is 0 Å². The van der Waals surface area contributed by atoms with Crippen LogP contribution in [0.1, 0.15) is 37.6 Å². The third-order valence-electron chi connectivity index (χ3n) is 4.45. The lowest BCUT2D eigenvalue weighted by molar-refractivity contribution is 0.190. The SMILES string of the molecule is CC(C)n1c([C@H](O)c2nc3ccccc3n2C)nc2ccccc21. The number of rotatable bonds is 3. The summed E-state index contributed by atoms with van der Waals surface area (Å²) in [6.07, 6.45) is -0.878. The third-order valence-corrected chi connectivity index (χ3v) is 4.45. The normalized spacial score (nSPS) is 13.2. The van der Waals surface area contributed by atoms with Crippen LogP contribution in [-0.2, 0) is 7.05 Å². The van der Waals surface area contributed by atoms with Gasteiger partial charge in [-0.3, -0.25) is 0 Å². The van der Waals surface area contributed by atoms with Gasteiger partial charge in [0.25, 0.3) is 0 Å². The van der Waals surface area contributed by atoms with E-state index in [1.54, 1.807) is 0 Å². The number of nitrogens with zero attached hydrogens (tertiary/aromatic N) is 4. The summed E-state index contributed by atoms with van der Waals surface area (Å²) in [5, 5.41) is 11.0. The number of benzene rings is 2. The maximum atomic E-state index is 11.0. The van der Waals surface area contributed by atoms with Crippen molar-refractivity contribution in [1.29, 1.82) is 0 Å². The Labute approximate surface area is 140 Å². The van der Waals surface area contributed by atoms with E-state index >= 15 is 0 Å². The Hall–Kier alpha value is -2.66. The van der Waals surface area contributed by atoms with Gasteiger partial charge in [-0.2, -0.15) is 0 Å². The Morgan fingerprint density at radius 2 is 1.38 bits per heavy atom. The van der Waals surface area contributed by atoms with Gasteiger partial charge in [0, 0.05) is 13.1 Å². The number of aryl methyl sites for hydroxylation is 1. The van der Waals surface area contributed by atoms with Gasteiger partial charge in [0.1, 0.15) is 11.6 Å². The molecule has 2 heterocycles. The zero-order chi connectivity index (χ0) is 16.8. The summed E-state index contributed by atoms with van der Waals surface area (Å²) in [6, 6.07) is 16.0. The molecule has 0 aliphatic carbocycles. The monoisotopic (exact) mass is 320 g/mol. The first kappa shape index (κ1) is 14.9. The molecule has 122 valence electrons. The zero-order valence-corrected chi connectivity index (χ0v) is 14.0. The van der Waals surface area contributed by atoms with Gasteiger partial charge in [0.2, 0.25) is 0 Å². The van der Waals surface area contributed by atoms with Crippen LogP contribution < -0.4 is 0 Å². The fourth-order valence-corrected chi connectivity index (χ4v) is 3.32. The van der Waals surface area contributed by atoms with Gasteiger partial charge < -0.3 is 14.2 Å². The van der Waals surface area contributed by atoms with E-state index in [2.05, 4.69) is 28.4 Å². The van der Waals surface area contributed by atoms with E-state index in [-0.39, 0.29) is 6.04 Å². The van der Waals surface area contributed by atoms with Crippen LogP contribution in [0.5, 0.6) is 0 Å². The van der Waals surface area contributed by atoms with E-state index in [4.69, 9.17) is 0 Å². The Balaban J connectivity index is 1.93. The highest BCUT2D eigenvalue weighted by atomic mass is 16.3. The zero-order valence-electron chi connectivity index (χ0n) is 14.0. The molecule has 24 heavy (non-hydrogen) atoms. The third kappa shape index (κ3) is 2.12. The minimum Gasteiger partial charge on any atom is -0.377 e. The lowest BCUT2D eigenvalue weighted by Gasteiger charge is -2.16. The average Bonchev–Trinajstić information content (AvgIpc) is 3.13. The smallest absolute Gasteiger partial charge is 0.169 e. The predicted octanol–water partition coefficient (Wildman–Crippen LogP) is 3.59. The minimum atomic E-state index is -0.878. The number of aliphatic hydroxyl groups is 1. The van der Waals surface area contributed by atoms with E-state index in [1.807, 2.05) is 60.1 Å². The molecule has 0 saturated heterocycles. The van der Waals surface area contributed by atoms with Gasteiger partial charge in [-0.15, -0.1) is 0 Å². The van der Waals surface area contributed by atoms with Crippen LogP contribution in [0.15, 0.2) is 48.5 Å². The molecular weight excluding hydrogens is 300 g/mol. The van der Waals surface area contributed by atoms with Crippen LogP contribution in [0.25, 0.3) is 22.1 Å². The van der Waals surface area contributed by atoms with Crippen molar-refractivity contribution in [2.75, 3.05) is 0 Å². The second kappa shape index (κ2) is 5.46. The number of para-hydroxylation sites is 4. The molecule has 0 amide bonds. The van der Waals surface area contributed by atoms with Crippen molar-refractivity contribution in [3.63, 3.8) is 0 Å². The quantitative estimate of drug-likeness (QED) is 0.627. The molecule has 1 atom stereocenters. The molecule has 0 spiro atoms. The molecule has 0 bridgehead atoms. The van der Waals surface area contributed by atoms with Gasteiger partial charge in [-0.25, -0.2) is 9.97 Å². The van der Waals surface area contributed by atoms with Gasteiger partial charge in [-0.1, -0.05) is 24.3 Å². The second-order valence-electron chi connectivity index (χ2n) is 6.34. The molecule has 4 aromatic rings. The fourth-order valence-electron chi connectivity index (χ4n) is 3.32. The molecule has 0 aliphatic heterocycles. The summed E-state index contributed by atoms with van der Waals surface area (Å²) >= 11 is 0. The summed E-state index contributed by atoms with van der Waals surface area (Å²) in [5.41, 5.74) is 3.79. The summed E-state index contributed by atoms with van der Waals surface area (Å²) < 4.78 is 4.02. The topological polar surface area (TPSA) is 55.9 Å². The number of aromatic nitrogens is 4. The molecule has 0 fully saturated rings. The second-order valence-corrected chi connectivity index (χ2v) is 6.34. The van der Waals surface area contributed by atoms with E-state index in [9.17, 15) is 5.11 Å². The number of hydrogen-bond donors (Lipinski definition) is 1. The number of hydrogen-bond acceptors (Lipinski definition) is 3. The van der Waals surface area contributed by atoms with Crippen LogP contribution in [-0.4, -0.2) is 24.2 Å². The predicted molar refractivity (Wildman–Crippen MR) is 94.9 cm³/mol. The Bertz CT molecular complexity index is 1030. The van der Waals surface area contributed by atoms with E-state index in [1.165, 1.54) is 0 Å². The highest BCUT2D eigenvalue weighted by molar-refractivity contribution is 5.77. The van der Waals surface area contributed by atoms with Gasteiger partial charge in [-0.05, 0) is 38.1 Å². The highest BCUT2D eigenvalue weighted by Gasteiger charge is 2.25. The summed E-state index contributed by atoms with van der Waals surface area (Å²) in [4.78, 5) is 9.30. The number of fused-ring (bicyclic) bond motifs is 2. The summed E-state index contributed by atoms with van der Waals surface area (Å²) in [6.45, 7) is 4.19. The average molecular weight is 320 g/mol. The molecule has 5 nitrogen and oxygen atoms in total. The van der Waals surface area contributed by atoms with Crippen molar-refractivity contribution in [2.45, 2.75) is 26.0 Å². The van der Waals surface area contributed by atoms with Gasteiger partial charge in [0.05, 0.1) is 22.1 Å². The minimum absolute atomic E-state index is 0.191. The highest BCUT2D eigenvalue weighted by Crippen LogP contribution is 2.29. The molecule has 0 unspecified atom stereocenters. The first-order valence-electron chi connectivity index (χ1n) is 8.14. The van der Waals surface area contributed by atoms with E-state index < -0.39 is 6.10 Å². The van der Waals surface area contributed by atoms with Crippen LogP contribution in [0.4, 0.5) is 0 Å². The first-order valence-corrected chi connectivity index (χ1v) is 8.14. The Morgan fingerprint density at radius 3 is 2.00 bits per heavy atom. The standard InChI is InChI=1S/C19H20N4O/c1-12(2)23-16-11-7-5-9-14(16)21-19(23)17(24)18-20-13-8-4-6-10-15(13)22(18)3/h4-12,17,24H,1-3H3/t17-/m1/s1. The summed E-state index contributed by atoms with van der Waals surface area (Å²) in [7, 11) is 1.93. The molecule has 4 rings (SSSR count). The van der Waals surface area contributed by atoms with Gasteiger partial charge >= 0.3 is 0 Å². The molecule has 0 saturated carbocycles. The molecule has 2 aromatic heterocycles. The molecule has 2 aromatic carbocycles. The molecule has 0 radical (unpaired) electrons. The van der Waals surface area contributed by atoms with Crippen LogP contribution in [0.3, 0.4) is 0 Å². The Kier molecular flexibility index (Phi) is 3.39. The van der Waals surface area contributed by atoms with Gasteiger partial charge in [0.15, 0.2) is 6.10 Å². The maximum Gasteiger partial charge on any atom is 0.169 e. The lowest BCUT2D eigenvalue weighted by Crippen LogP contribution is -2.15. The van der Waals surface area contributed by atoms with Crippen molar-refractivity contribution in [3.05, 3.63) is 60.2 Å². The van der Waals surface area contributed by atoms with E-state index in [0.717, 1.165) is 22.1 Å². The first-order chi connectivity index (χ1) is 11.6. The van der Waals surface area contributed by atoms with Crippen molar-refractivity contribution in [3.8, 4) is 0 Å². The van der Waals surface area contributed by atoms with Crippen LogP contribution in [0.2, 0.25) is 0 Å². The number of imidazole rings is 2.